The van der Waals surface area contributed by atoms with E-state index in [1.54, 1.807) is 45.4 Å². The average Bonchev–Trinajstić information content (AvgIpc) is 2.68. The standard InChI is InChI=1S/C20H23NO5/c1-4-19(22)26-16-8-6-15(7-9-16)20(23)21-12-11-14-5-10-17(24-2)18(13-14)25-3/h5-10,13H,4,11-12H2,1-3H3,(H,21,23). The quantitative estimate of drug-likeness (QED) is 0.581. The molecule has 0 bridgehead atoms. The highest BCUT2D eigenvalue weighted by molar-refractivity contribution is 5.94. The second kappa shape index (κ2) is 9.46. The largest absolute Gasteiger partial charge is 0.493 e. The zero-order chi connectivity index (χ0) is 18.9. The van der Waals surface area contributed by atoms with Gasteiger partial charge in [0.1, 0.15) is 5.75 Å². The van der Waals surface area contributed by atoms with Crippen LogP contribution in [0.5, 0.6) is 17.2 Å². The fourth-order valence-corrected chi connectivity index (χ4v) is 2.34. The van der Waals surface area contributed by atoms with Crippen molar-refractivity contribution in [3.63, 3.8) is 0 Å². The molecule has 0 heterocycles. The van der Waals surface area contributed by atoms with Gasteiger partial charge >= 0.3 is 5.97 Å². The number of rotatable bonds is 8. The van der Waals surface area contributed by atoms with Crippen LogP contribution in [0.25, 0.3) is 0 Å². The molecule has 2 aromatic carbocycles. The zero-order valence-corrected chi connectivity index (χ0v) is 15.2. The Balaban J connectivity index is 1.87. The lowest BCUT2D eigenvalue weighted by Gasteiger charge is -2.10. The van der Waals surface area contributed by atoms with Gasteiger partial charge in [-0.15, -0.1) is 0 Å². The molecule has 6 heteroatoms. The van der Waals surface area contributed by atoms with E-state index >= 15 is 0 Å². The van der Waals surface area contributed by atoms with E-state index in [4.69, 9.17) is 14.2 Å². The normalized spacial score (nSPS) is 10.1. The highest BCUT2D eigenvalue weighted by atomic mass is 16.5. The molecule has 2 rings (SSSR count). The maximum absolute atomic E-state index is 12.2. The number of nitrogens with one attached hydrogen (secondary N) is 1. The van der Waals surface area contributed by atoms with Crippen molar-refractivity contribution in [1.82, 2.24) is 5.32 Å². The Hall–Kier alpha value is -3.02. The van der Waals surface area contributed by atoms with Crippen molar-refractivity contribution >= 4 is 11.9 Å². The molecule has 0 spiro atoms. The molecule has 138 valence electrons. The smallest absolute Gasteiger partial charge is 0.310 e. The van der Waals surface area contributed by atoms with E-state index in [1.165, 1.54) is 0 Å². The van der Waals surface area contributed by atoms with Crippen LogP contribution in [-0.2, 0) is 11.2 Å². The monoisotopic (exact) mass is 357 g/mol. The summed E-state index contributed by atoms with van der Waals surface area (Å²) in [5, 5.41) is 2.87. The summed E-state index contributed by atoms with van der Waals surface area (Å²) in [5.41, 5.74) is 1.54. The third kappa shape index (κ3) is 5.24. The van der Waals surface area contributed by atoms with E-state index in [0.29, 0.717) is 42.2 Å². The number of benzene rings is 2. The molecule has 0 saturated heterocycles. The van der Waals surface area contributed by atoms with Crippen LogP contribution in [0, 0.1) is 0 Å². The number of carbonyl (C=O) groups excluding carboxylic acids is 2. The molecule has 0 aromatic heterocycles. The Labute approximate surface area is 153 Å². The Morgan fingerprint density at radius 2 is 1.65 bits per heavy atom. The first kappa shape index (κ1) is 19.3. The van der Waals surface area contributed by atoms with Crippen molar-refractivity contribution in [2.75, 3.05) is 20.8 Å². The second-order valence-electron chi connectivity index (χ2n) is 5.55. The number of esters is 1. The molecular weight excluding hydrogens is 334 g/mol. The van der Waals surface area contributed by atoms with Crippen LogP contribution in [0.3, 0.4) is 0 Å². The van der Waals surface area contributed by atoms with E-state index in [-0.39, 0.29) is 11.9 Å². The highest BCUT2D eigenvalue weighted by Gasteiger charge is 2.08. The minimum Gasteiger partial charge on any atom is -0.493 e. The number of amides is 1. The van der Waals surface area contributed by atoms with Gasteiger partial charge in [0, 0.05) is 18.5 Å². The molecule has 0 aliphatic heterocycles. The molecule has 6 nitrogen and oxygen atoms in total. The van der Waals surface area contributed by atoms with Gasteiger partial charge in [0.25, 0.3) is 5.91 Å². The van der Waals surface area contributed by atoms with Gasteiger partial charge in [0.2, 0.25) is 0 Å². The van der Waals surface area contributed by atoms with Gasteiger partial charge in [-0.2, -0.15) is 0 Å². The molecule has 1 amide bonds. The summed E-state index contributed by atoms with van der Waals surface area (Å²) >= 11 is 0. The number of hydrogen-bond acceptors (Lipinski definition) is 5. The lowest BCUT2D eigenvalue weighted by atomic mass is 10.1. The molecule has 0 fully saturated rings. The lowest BCUT2D eigenvalue weighted by molar-refractivity contribution is -0.134. The number of methoxy groups -OCH3 is 2. The molecule has 0 aliphatic carbocycles. The molecule has 1 N–H and O–H groups in total. The lowest BCUT2D eigenvalue weighted by Crippen LogP contribution is -2.25. The summed E-state index contributed by atoms with van der Waals surface area (Å²) in [4.78, 5) is 23.4. The molecular formula is C20H23NO5. The van der Waals surface area contributed by atoms with E-state index < -0.39 is 0 Å². The van der Waals surface area contributed by atoms with Crippen LogP contribution in [0.2, 0.25) is 0 Å². The first-order valence-corrected chi connectivity index (χ1v) is 8.37. The zero-order valence-electron chi connectivity index (χ0n) is 15.2. The fourth-order valence-electron chi connectivity index (χ4n) is 2.34. The third-order valence-corrected chi connectivity index (χ3v) is 3.78. The minimum atomic E-state index is -0.308. The van der Waals surface area contributed by atoms with E-state index in [2.05, 4.69) is 5.32 Å². The molecule has 0 atom stereocenters. The predicted molar refractivity (Wildman–Crippen MR) is 98.0 cm³/mol. The molecule has 0 saturated carbocycles. The van der Waals surface area contributed by atoms with Crippen LogP contribution in [0.1, 0.15) is 29.3 Å². The Morgan fingerprint density at radius 1 is 0.962 bits per heavy atom. The summed E-state index contributed by atoms with van der Waals surface area (Å²) in [6.07, 6.45) is 0.969. The van der Waals surface area contributed by atoms with Crippen molar-refractivity contribution in [2.24, 2.45) is 0 Å². The summed E-state index contributed by atoms with van der Waals surface area (Å²) < 4.78 is 15.6. The van der Waals surface area contributed by atoms with Crippen LogP contribution in [-0.4, -0.2) is 32.6 Å². The Bertz CT molecular complexity index is 755. The van der Waals surface area contributed by atoms with Gasteiger partial charge in [0.15, 0.2) is 11.5 Å². The van der Waals surface area contributed by atoms with Crippen LogP contribution >= 0.6 is 0 Å². The van der Waals surface area contributed by atoms with Crippen molar-refractivity contribution in [3.05, 3.63) is 53.6 Å². The third-order valence-electron chi connectivity index (χ3n) is 3.78. The molecule has 0 aliphatic rings. The highest BCUT2D eigenvalue weighted by Crippen LogP contribution is 2.27. The first-order chi connectivity index (χ1) is 12.6. The Kier molecular flexibility index (Phi) is 7.02. The molecule has 2 aromatic rings. The minimum absolute atomic E-state index is 0.182. The van der Waals surface area contributed by atoms with Gasteiger partial charge in [-0.25, -0.2) is 0 Å². The first-order valence-electron chi connectivity index (χ1n) is 8.37. The Morgan fingerprint density at radius 3 is 2.27 bits per heavy atom. The van der Waals surface area contributed by atoms with E-state index in [1.807, 2.05) is 18.2 Å². The molecule has 0 unspecified atom stereocenters. The summed E-state index contributed by atoms with van der Waals surface area (Å²) in [7, 11) is 3.18. The fraction of sp³-hybridized carbons (Fsp3) is 0.300. The topological polar surface area (TPSA) is 73.9 Å². The molecule has 0 radical (unpaired) electrons. The maximum Gasteiger partial charge on any atom is 0.310 e. The van der Waals surface area contributed by atoms with Gasteiger partial charge in [-0.05, 0) is 48.4 Å². The van der Waals surface area contributed by atoms with E-state index in [9.17, 15) is 9.59 Å². The second-order valence-corrected chi connectivity index (χ2v) is 5.55. The average molecular weight is 357 g/mol. The van der Waals surface area contributed by atoms with E-state index in [0.717, 1.165) is 5.56 Å². The van der Waals surface area contributed by atoms with Crippen molar-refractivity contribution < 1.29 is 23.8 Å². The predicted octanol–water partition coefficient (Wildman–Crippen LogP) is 2.99. The maximum atomic E-state index is 12.2. The number of hydrogen-bond donors (Lipinski definition) is 1. The van der Waals surface area contributed by atoms with Gasteiger partial charge in [-0.1, -0.05) is 13.0 Å². The summed E-state index contributed by atoms with van der Waals surface area (Å²) in [5.74, 6) is 1.27. The summed E-state index contributed by atoms with van der Waals surface area (Å²) in [6, 6.07) is 12.1. The van der Waals surface area contributed by atoms with Gasteiger partial charge in [0.05, 0.1) is 14.2 Å². The van der Waals surface area contributed by atoms with Gasteiger partial charge < -0.3 is 19.5 Å². The van der Waals surface area contributed by atoms with Crippen LogP contribution in [0.15, 0.2) is 42.5 Å². The number of ether oxygens (including phenoxy) is 3. The van der Waals surface area contributed by atoms with Crippen LogP contribution in [0.4, 0.5) is 0 Å². The summed E-state index contributed by atoms with van der Waals surface area (Å²) in [6.45, 7) is 2.21. The van der Waals surface area contributed by atoms with Crippen molar-refractivity contribution in [3.8, 4) is 17.2 Å². The van der Waals surface area contributed by atoms with Gasteiger partial charge in [-0.3, -0.25) is 9.59 Å². The number of carbonyl (C=O) groups is 2. The van der Waals surface area contributed by atoms with Crippen molar-refractivity contribution in [1.29, 1.82) is 0 Å². The van der Waals surface area contributed by atoms with Crippen LogP contribution < -0.4 is 19.5 Å². The molecule has 26 heavy (non-hydrogen) atoms. The van der Waals surface area contributed by atoms with Crippen molar-refractivity contribution in [2.45, 2.75) is 19.8 Å². The SMILES string of the molecule is CCC(=O)Oc1ccc(C(=O)NCCc2ccc(OC)c(OC)c2)cc1.